The Hall–Kier alpha value is -2.91. The van der Waals surface area contributed by atoms with Gasteiger partial charge < -0.3 is 15.0 Å². The van der Waals surface area contributed by atoms with Crippen LogP contribution in [0.2, 0.25) is 0 Å². The fourth-order valence-electron chi connectivity index (χ4n) is 6.00. The van der Waals surface area contributed by atoms with Crippen LogP contribution in [-0.4, -0.2) is 62.7 Å². The molecular weight excluding hydrogens is 478 g/mol. The molecule has 1 aliphatic heterocycles. The molecule has 2 atom stereocenters. The molecule has 1 saturated carbocycles. The Bertz CT molecular complexity index is 1260. The summed E-state index contributed by atoms with van der Waals surface area (Å²) in [5, 5.41) is 2.74. The lowest BCUT2D eigenvalue weighted by Crippen LogP contribution is -2.38. The maximum absolute atomic E-state index is 13.6. The SMILES string of the molecule is COc1ccc(NC(=O)CN(C)C(=O)c2cccc(S(=O)(=O)N3C[C@@]4(C)C[C@H]3CC(C)(C)C4)c2)cc1. The van der Waals surface area contributed by atoms with Gasteiger partial charge in [0.05, 0.1) is 18.6 Å². The van der Waals surface area contributed by atoms with E-state index in [2.05, 4.69) is 26.1 Å². The Balaban J connectivity index is 1.46. The second kappa shape index (κ2) is 9.52. The van der Waals surface area contributed by atoms with Crippen LogP contribution in [0.25, 0.3) is 0 Å². The Labute approximate surface area is 213 Å². The van der Waals surface area contributed by atoms with Crippen LogP contribution in [0.3, 0.4) is 0 Å². The highest BCUT2D eigenvalue weighted by atomic mass is 32.2. The van der Waals surface area contributed by atoms with E-state index in [1.165, 1.54) is 24.1 Å². The fourth-order valence-corrected chi connectivity index (χ4v) is 7.82. The van der Waals surface area contributed by atoms with Crippen molar-refractivity contribution in [3.05, 3.63) is 54.1 Å². The van der Waals surface area contributed by atoms with Crippen LogP contribution in [0.15, 0.2) is 53.4 Å². The second-order valence-corrected chi connectivity index (χ2v) is 13.1. The summed E-state index contributed by atoms with van der Waals surface area (Å²) in [4.78, 5) is 26.9. The molecule has 194 valence electrons. The van der Waals surface area contributed by atoms with Crippen molar-refractivity contribution >= 4 is 27.5 Å². The zero-order chi connectivity index (χ0) is 26.3. The number of benzene rings is 2. The van der Waals surface area contributed by atoms with E-state index >= 15 is 0 Å². The van der Waals surface area contributed by atoms with Gasteiger partial charge in [-0.25, -0.2) is 8.42 Å². The lowest BCUT2D eigenvalue weighted by atomic mass is 9.65. The van der Waals surface area contributed by atoms with Crippen molar-refractivity contribution < 1.29 is 22.7 Å². The first-order chi connectivity index (χ1) is 16.8. The summed E-state index contributed by atoms with van der Waals surface area (Å²) in [6.07, 6.45) is 2.68. The number of ether oxygens (including phenoxy) is 1. The molecule has 36 heavy (non-hydrogen) atoms. The number of nitrogens with zero attached hydrogens (tertiary/aromatic N) is 2. The molecule has 4 rings (SSSR count). The van der Waals surface area contributed by atoms with Crippen molar-refractivity contribution in [3.8, 4) is 5.75 Å². The first kappa shape index (κ1) is 26.2. The lowest BCUT2D eigenvalue weighted by Gasteiger charge is -2.39. The van der Waals surface area contributed by atoms with Gasteiger partial charge in [-0.15, -0.1) is 0 Å². The van der Waals surface area contributed by atoms with Crippen molar-refractivity contribution in [2.45, 2.75) is 51.0 Å². The van der Waals surface area contributed by atoms with Gasteiger partial charge in [0.1, 0.15) is 5.75 Å². The van der Waals surface area contributed by atoms with Gasteiger partial charge >= 0.3 is 0 Å². The van der Waals surface area contributed by atoms with Crippen LogP contribution < -0.4 is 10.1 Å². The van der Waals surface area contributed by atoms with E-state index in [1.807, 2.05) is 0 Å². The number of hydrogen-bond donors (Lipinski definition) is 1. The second-order valence-electron chi connectivity index (χ2n) is 11.2. The van der Waals surface area contributed by atoms with Crippen LogP contribution in [-0.2, 0) is 14.8 Å². The highest BCUT2D eigenvalue weighted by Crippen LogP contribution is 2.53. The van der Waals surface area contributed by atoms with E-state index in [4.69, 9.17) is 4.74 Å². The first-order valence-corrected chi connectivity index (χ1v) is 13.6. The van der Waals surface area contributed by atoms with E-state index in [0.717, 1.165) is 19.3 Å². The molecule has 9 heteroatoms. The number of likely N-dealkylation sites (N-methyl/N-ethyl adjacent to an activating group) is 1. The van der Waals surface area contributed by atoms with Gasteiger partial charge in [-0.2, -0.15) is 4.31 Å². The third-order valence-corrected chi connectivity index (χ3v) is 9.05. The molecule has 2 aromatic carbocycles. The molecule has 8 nitrogen and oxygen atoms in total. The maximum atomic E-state index is 13.6. The number of methoxy groups -OCH3 is 1. The maximum Gasteiger partial charge on any atom is 0.254 e. The van der Waals surface area contributed by atoms with Crippen molar-refractivity contribution in [2.24, 2.45) is 10.8 Å². The largest absolute Gasteiger partial charge is 0.497 e. The molecule has 2 fully saturated rings. The number of hydrogen-bond acceptors (Lipinski definition) is 5. The molecule has 1 heterocycles. The summed E-state index contributed by atoms with van der Waals surface area (Å²) in [7, 11) is -0.680. The standard InChI is InChI=1S/C27H35N3O5S/c1-26(2)14-21-15-27(3,17-26)18-30(21)36(33,34)23-8-6-7-19(13-23)25(32)29(4)16-24(31)28-20-9-11-22(35-5)12-10-20/h6-13,21H,14-18H2,1-5H3,(H,28,31)/t21-,27+/m1/s1. The molecule has 0 unspecified atom stereocenters. The van der Waals surface area contributed by atoms with Crippen LogP contribution in [0.1, 0.15) is 50.4 Å². The average Bonchev–Trinajstić information content (AvgIpc) is 3.08. The lowest BCUT2D eigenvalue weighted by molar-refractivity contribution is -0.116. The molecule has 0 spiro atoms. The molecule has 1 aliphatic carbocycles. The molecule has 1 N–H and O–H groups in total. The Morgan fingerprint density at radius 2 is 1.81 bits per heavy atom. The van der Waals surface area contributed by atoms with Gasteiger partial charge in [0.15, 0.2) is 0 Å². The van der Waals surface area contributed by atoms with Crippen molar-refractivity contribution in [1.29, 1.82) is 0 Å². The van der Waals surface area contributed by atoms with Gasteiger partial charge in [0.25, 0.3) is 5.91 Å². The van der Waals surface area contributed by atoms with E-state index in [9.17, 15) is 18.0 Å². The molecule has 0 aromatic heterocycles. The number of fused-ring (bicyclic) bond motifs is 2. The molecule has 2 amide bonds. The monoisotopic (exact) mass is 513 g/mol. The smallest absolute Gasteiger partial charge is 0.254 e. The minimum Gasteiger partial charge on any atom is -0.497 e. The van der Waals surface area contributed by atoms with E-state index < -0.39 is 15.9 Å². The van der Waals surface area contributed by atoms with Crippen LogP contribution >= 0.6 is 0 Å². The van der Waals surface area contributed by atoms with Crippen LogP contribution in [0, 0.1) is 10.8 Å². The summed E-state index contributed by atoms with van der Waals surface area (Å²) >= 11 is 0. The van der Waals surface area contributed by atoms with Crippen molar-refractivity contribution in [2.75, 3.05) is 32.6 Å². The van der Waals surface area contributed by atoms with Gasteiger partial charge in [-0.05, 0) is 72.6 Å². The van der Waals surface area contributed by atoms with Crippen LogP contribution in [0.4, 0.5) is 5.69 Å². The van der Waals surface area contributed by atoms with Crippen molar-refractivity contribution in [1.82, 2.24) is 9.21 Å². The van der Waals surface area contributed by atoms with E-state index in [1.54, 1.807) is 47.8 Å². The molecule has 1 saturated heterocycles. The minimum atomic E-state index is -3.76. The van der Waals surface area contributed by atoms with E-state index in [0.29, 0.717) is 18.0 Å². The summed E-state index contributed by atoms with van der Waals surface area (Å²) in [5.41, 5.74) is 0.867. The zero-order valence-electron chi connectivity index (χ0n) is 21.6. The van der Waals surface area contributed by atoms with Gasteiger partial charge in [0, 0.05) is 30.9 Å². The predicted molar refractivity (Wildman–Crippen MR) is 138 cm³/mol. The molecule has 2 aromatic rings. The fraction of sp³-hybridized carbons (Fsp3) is 0.481. The third-order valence-electron chi connectivity index (χ3n) is 7.16. The highest BCUT2D eigenvalue weighted by molar-refractivity contribution is 7.89. The Morgan fingerprint density at radius 3 is 2.47 bits per heavy atom. The molecule has 0 radical (unpaired) electrons. The number of carbonyl (C=O) groups excluding carboxylic acids is 2. The third kappa shape index (κ3) is 5.42. The van der Waals surface area contributed by atoms with E-state index in [-0.39, 0.29) is 39.8 Å². The van der Waals surface area contributed by atoms with Crippen molar-refractivity contribution in [3.63, 3.8) is 0 Å². The Morgan fingerprint density at radius 1 is 1.11 bits per heavy atom. The first-order valence-electron chi connectivity index (χ1n) is 12.1. The number of amides is 2. The summed E-state index contributed by atoms with van der Waals surface area (Å²) in [5.74, 6) is -0.115. The highest BCUT2D eigenvalue weighted by Gasteiger charge is 2.53. The number of carbonyl (C=O) groups is 2. The predicted octanol–water partition coefficient (Wildman–Crippen LogP) is 4.00. The molecular formula is C27H35N3O5S. The van der Waals surface area contributed by atoms with Crippen LogP contribution in [0.5, 0.6) is 5.75 Å². The molecule has 2 aliphatic rings. The minimum absolute atomic E-state index is 0.0348. The van der Waals surface area contributed by atoms with Gasteiger partial charge in [0.2, 0.25) is 15.9 Å². The summed E-state index contributed by atoms with van der Waals surface area (Å²) < 4.78 is 34.0. The zero-order valence-corrected chi connectivity index (χ0v) is 22.4. The van der Waals surface area contributed by atoms with Gasteiger partial charge in [-0.1, -0.05) is 26.8 Å². The Kier molecular flexibility index (Phi) is 6.92. The van der Waals surface area contributed by atoms with Gasteiger partial charge in [-0.3, -0.25) is 9.59 Å². The normalized spacial score (nSPS) is 23.2. The number of sulfonamides is 1. The topological polar surface area (TPSA) is 96.0 Å². The molecule has 2 bridgehead atoms. The number of anilines is 1. The summed E-state index contributed by atoms with van der Waals surface area (Å²) in [6.45, 7) is 6.89. The number of rotatable bonds is 7. The number of nitrogens with one attached hydrogen (secondary N) is 1. The summed E-state index contributed by atoms with van der Waals surface area (Å²) in [6, 6.07) is 13.0. The quantitative estimate of drug-likeness (QED) is 0.604. The average molecular weight is 514 g/mol.